The molecule has 0 radical (unpaired) electrons. The van der Waals surface area contributed by atoms with Crippen LogP contribution >= 0.6 is 7.82 Å². The van der Waals surface area contributed by atoms with Crippen LogP contribution in [0.3, 0.4) is 0 Å². The van der Waals surface area contributed by atoms with Gasteiger partial charge in [0, 0.05) is 19.3 Å². The first kappa shape index (κ1) is 22.9. The highest BCUT2D eigenvalue weighted by Gasteiger charge is 2.38. The molecule has 0 amide bonds. The zero-order chi connectivity index (χ0) is 20.9. The Morgan fingerprint density at radius 2 is 2.03 bits per heavy atom. The first-order chi connectivity index (χ1) is 13.8. The van der Waals surface area contributed by atoms with Gasteiger partial charge in [-0.15, -0.1) is 0 Å². The van der Waals surface area contributed by atoms with E-state index in [9.17, 15) is 4.57 Å². The Balaban J connectivity index is 1.52. The number of aryl methyl sites for hydroxylation is 1. The summed E-state index contributed by atoms with van der Waals surface area (Å²) in [6, 6.07) is 6.88. The maximum absolute atomic E-state index is 11.0. The molecule has 0 aromatic heterocycles. The van der Waals surface area contributed by atoms with Crippen molar-refractivity contribution in [2.75, 3.05) is 20.3 Å². The number of hydrogen-bond acceptors (Lipinski definition) is 4. The SMILES string of the molecule is COCCCCC[C@@H]1CCc2cc([C@H]3CC[C@@](N)(COP(=O)(O)O)C3)ccc2C1. The van der Waals surface area contributed by atoms with Crippen LogP contribution in [0.5, 0.6) is 0 Å². The van der Waals surface area contributed by atoms with Gasteiger partial charge in [-0.3, -0.25) is 4.52 Å². The topological polar surface area (TPSA) is 102 Å². The molecule has 7 heteroatoms. The zero-order valence-electron chi connectivity index (χ0n) is 17.5. The van der Waals surface area contributed by atoms with Crippen LogP contribution in [0.25, 0.3) is 0 Å². The van der Waals surface area contributed by atoms with Crippen molar-refractivity contribution in [3.63, 3.8) is 0 Å². The van der Waals surface area contributed by atoms with Gasteiger partial charge in [-0.25, -0.2) is 4.57 Å². The molecule has 0 unspecified atom stereocenters. The number of phosphoric ester groups is 1. The van der Waals surface area contributed by atoms with Crippen molar-refractivity contribution in [1.82, 2.24) is 0 Å². The lowest BCUT2D eigenvalue weighted by Gasteiger charge is -2.27. The van der Waals surface area contributed by atoms with E-state index >= 15 is 0 Å². The maximum atomic E-state index is 11.0. The van der Waals surface area contributed by atoms with Crippen molar-refractivity contribution in [3.8, 4) is 0 Å². The molecule has 4 N–H and O–H groups in total. The summed E-state index contributed by atoms with van der Waals surface area (Å²) in [5.41, 5.74) is 9.96. The van der Waals surface area contributed by atoms with E-state index in [0.717, 1.165) is 38.2 Å². The van der Waals surface area contributed by atoms with Gasteiger partial charge in [-0.05, 0) is 73.5 Å². The Kier molecular flexibility index (Phi) is 7.94. The van der Waals surface area contributed by atoms with Crippen LogP contribution in [0.15, 0.2) is 18.2 Å². The van der Waals surface area contributed by atoms with Crippen molar-refractivity contribution >= 4 is 7.82 Å². The second kappa shape index (κ2) is 10.0. The molecule has 6 nitrogen and oxygen atoms in total. The quantitative estimate of drug-likeness (QED) is 0.386. The minimum Gasteiger partial charge on any atom is -0.385 e. The van der Waals surface area contributed by atoms with E-state index in [1.54, 1.807) is 7.11 Å². The van der Waals surface area contributed by atoms with Crippen LogP contribution in [-0.4, -0.2) is 35.6 Å². The summed E-state index contributed by atoms with van der Waals surface area (Å²) < 4.78 is 20.8. The summed E-state index contributed by atoms with van der Waals surface area (Å²) >= 11 is 0. The van der Waals surface area contributed by atoms with E-state index in [4.69, 9.17) is 24.8 Å². The zero-order valence-corrected chi connectivity index (χ0v) is 18.4. The summed E-state index contributed by atoms with van der Waals surface area (Å²) in [4.78, 5) is 17.9. The number of phosphoric acid groups is 1. The van der Waals surface area contributed by atoms with E-state index in [-0.39, 0.29) is 6.61 Å². The molecule has 2 aliphatic rings. The number of hydrogen-bond donors (Lipinski definition) is 3. The fourth-order valence-electron chi connectivity index (χ4n) is 4.99. The Hall–Kier alpha value is -0.750. The number of nitrogens with two attached hydrogens (primary N) is 1. The van der Waals surface area contributed by atoms with Gasteiger partial charge in [0.1, 0.15) is 0 Å². The van der Waals surface area contributed by atoms with Crippen molar-refractivity contribution in [3.05, 3.63) is 34.9 Å². The van der Waals surface area contributed by atoms with Crippen LogP contribution < -0.4 is 5.73 Å². The molecule has 164 valence electrons. The van der Waals surface area contributed by atoms with Gasteiger partial charge in [-0.2, -0.15) is 0 Å². The van der Waals surface area contributed by atoms with Crippen molar-refractivity contribution in [1.29, 1.82) is 0 Å². The Morgan fingerprint density at radius 3 is 2.79 bits per heavy atom. The molecule has 0 bridgehead atoms. The number of ether oxygens (including phenoxy) is 1. The summed E-state index contributed by atoms with van der Waals surface area (Å²) in [6.07, 6.45) is 11.0. The minimum absolute atomic E-state index is 0.0925. The predicted octanol–water partition coefficient (Wildman–Crippen LogP) is 4.07. The fraction of sp³-hybridized carbons (Fsp3) is 0.727. The smallest absolute Gasteiger partial charge is 0.385 e. The second-order valence-electron chi connectivity index (χ2n) is 9.05. The molecule has 1 fully saturated rings. The number of rotatable bonds is 10. The van der Waals surface area contributed by atoms with Crippen molar-refractivity contribution in [2.24, 2.45) is 11.7 Å². The average molecular weight is 426 g/mol. The van der Waals surface area contributed by atoms with Gasteiger partial charge in [0.15, 0.2) is 0 Å². The Bertz CT molecular complexity index is 721. The van der Waals surface area contributed by atoms with E-state index in [2.05, 4.69) is 18.2 Å². The van der Waals surface area contributed by atoms with Gasteiger partial charge in [0.05, 0.1) is 6.61 Å². The third-order valence-electron chi connectivity index (χ3n) is 6.66. The number of fused-ring (bicyclic) bond motifs is 1. The standard InChI is InChI=1S/C22H36NO5P/c1-27-12-4-2-3-5-17-6-7-19-14-20(9-8-18(19)13-17)21-10-11-22(23,15-21)16-28-29(24,25)26/h8-9,14,17,21H,2-7,10-13,15-16,23H2,1H3,(H2,24,25,26)/t17-,21+,22+/m1/s1. The van der Waals surface area contributed by atoms with Gasteiger partial charge >= 0.3 is 7.82 Å². The fourth-order valence-corrected chi connectivity index (χ4v) is 5.42. The van der Waals surface area contributed by atoms with Gasteiger partial charge < -0.3 is 20.3 Å². The molecule has 3 atom stereocenters. The molecule has 2 aliphatic carbocycles. The monoisotopic (exact) mass is 425 g/mol. The number of unbranched alkanes of at least 4 members (excludes halogenated alkanes) is 2. The van der Waals surface area contributed by atoms with E-state index < -0.39 is 13.4 Å². The molecule has 0 spiro atoms. The summed E-state index contributed by atoms with van der Waals surface area (Å²) in [5.74, 6) is 1.13. The first-order valence-electron chi connectivity index (χ1n) is 10.9. The Labute approximate surface area is 174 Å². The van der Waals surface area contributed by atoms with Gasteiger partial charge in [0.25, 0.3) is 0 Å². The van der Waals surface area contributed by atoms with Crippen LogP contribution in [0, 0.1) is 5.92 Å². The Morgan fingerprint density at radius 1 is 1.21 bits per heavy atom. The number of methoxy groups -OCH3 is 1. The predicted molar refractivity (Wildman–Crippen MR) is 114 cm³/mol. The maximum Gasteiger partial charge on any atom is 0.469 e. The van der Waals surface area contributed by atoms with Crippen LogP contribution in [0.1, 0.15) is 74.0 Å². The lowest BCUT2D eigenvalue weighted by Crippen LogP contribution is -2.41. The van der Waals surface area contributed by atoms with Crippen LogP contribution in [0.2, 0.25) is 0 Å². The molecular formula is C22H36NO5P. The largest absolute Gasteiger partial charge is 0.469 e. The lowest BCUT2D eigenvalue weighted by molar-refractivity contribution is 0.153. The molecule has 0 aliphatic heterocycles. The molecule has 1 aromatic rings. The summed E-state index contributed by atoms with van der Waals surface area (Å²) in [5, 5.41) is 0. The normalized spacial score (nSPS) is 27.2. The third-order valence-corrected chi connectivity index (χ3v) is 7.12. The van der Waals surface area contributed by atoms with Crippen molar-refractivity contribution in [2.45, 2.75) is 75.7 Å². The molecular weight excluding hydrogens is 389 g/mol. The average Bonchev–Trinajstić information content (AvgIpc) is 3.08. The van der Waals surface area contributed by atoms with E-state index in [0.29, 0.717) is 12.3 Å². The summed E-state index contributed by atoms with van der Waals surface area (Å²) in [7, 11) is -2.71. The van der Waals surface area contributed by atoms with E-state index in [1.807, 2.05) is 0 Å². The minimum atomic E-state index is -4.47. The molecule has 1 aromatic carbocycles. The van der Waals surface area contributed by atoms with Crippen LogP contribution in [0.4, 0.5) is 0 Å². The summed E-state index contributed by atoms with van der Waals surface area (Å²) in [6.45, 7) is 0.776. The second-order valence-corrected chi connectivity index (χ2v) is 10.3. The lowest BCUT2D eigenvalue weighted by atomic mass is 9.79. The highest BCUT2D eigenvalue weighted by atomic mass is 31.2. The van der Waals surface area contributed by atoms with Crippen LogP contribution in [-0.2, 0) is 26.7 Å². The molecule has 3 rings (SSSR count). The van der Waals surface area contributed by atoms with Gasteiger partial charge in [-0.1, -0.05) is 37.5 Å². The van der Waals surface area contributed by atoms with Crippen molar-refractivity contribution < 1.29 is 23.6 Å². The first-order valence-corrected chi connectivity index (χ1v) is 12.4. The van der Waals surface area contributed by atoms with E-state index in [1.165, 1.54) is 48.8 Å². The third kappa shape index (κ3) is 6.88. The molecule has 29 heavy (non-hydrogen) atoms. The highest BCUT2D eigenvalue weighted by molar-refractivity contribution is 7.46. The highest BCUT2D eigenvalue weighted by Crippen LogP contribution is 2.44. The molecule has 0 heterocycles. The van der Waals surface area contributed by atoms with Gasteiger partial charge in [0.2, 0.25) is 0 Å². The number of benzene rings is 1. The molecule has 0 saturated heterocycles. The molecule has 1 saturated carbocycles.